The lowest BCUT2D eigenvalue weighted by Crippen LogP contribution is -2.31. The van der Waals surface area contributed by atoms with Gasteiger partial charge < -0.3 is 0 Å². The van der Waals surface area contributed by atoms with E-state index in [2.05, 4.69) is 217 Å². The number of para-hydroxylation sites is 4. The zero-order valence-electron chi connectivity index (χ0n) is 33.0. The molecule has 11 aromatic rings. The molecule has 0 radical (unpaired) electrons. The van der Waals surface area contributed by atoms with Gasteiger partial charge in [-0.2, -0.15) is 0 Å². The van der Waals surface area contributed by atoms with Crippen molar-refractivity contribution in [3.05, 3.63) is 235 Å². The highest BCUT2D eigenvalue weighted by molar-refractivity contribution is 7.99. The monoisotopic (exact) mass is 793 g/mol. The van der Waals surface area contributed by atoms with Gasteiger partial charge in [-0.1, -0.05) is 176 Å². The summed E-state index contributed by atoms with van der Waals surface area (Å²) in [6.45, 7) is 0. The summed E-state index contributed by atoms with van der Waals surface area (Å²) in [6.07, 6.45) is 0. The number of imidazole rings is 1. The van der Waals surface area contributed by atoms with Crippen LogP contribution in [0.2, 0.25) is 0 Å². The van der Waals surface area contributed by atoms with Crippen molar-refractivity contribution >= 4 is 44.5 Å². The van der Waals surface area contributed by atoms with Crippen molar-refractivity contribution < 1.29 is 0 Å². The molecule has 0 N–H and O–H groups in total. The van der Waals surface area contributed by atoms with Crippen LogP contribution in [-0.4, -0.2) is 14.5 Å². The van der Waals surface area contributed by atoms with Crippen LogP contribution in [0.3, 0.4) is 0 Å². The second-order valence-corrected chi connectivity index (χ2v) is 17.1. The van der Waals surface area contributed by atoms with Crippen molar-refractivity contribution in [2.45, 2.75) is 15.2 Å². The molecule has 0 atom stereocenters. The third-order valence-electron chi connectivity index (χ3n) is 12.9. The SMILES string of the molecule is c1ccc(-n2c(-c3ccc(-c4cccc(-c5nc6ccccc6c6c7c(ccc56)C5(c6ccccc6Sc6ccccc65)c5ccccc5-7)c4)cc3)nc3ccccc32)cc1. The minimum Gasteiger partial charge on any atom is -0.292 e. The van der Waals surface area contributed by atoms with Gasteiger partial charge in [-0.25, -0.2) is 9.97 Å². The van der Waals surface area contributed by atoms with Gasteiger partial charge in [0, 0.05) is 42.8 Å². The van der Waals surface area contributed by atoms with Crippen LogP contribution >= 0.6 is 11.8 Å². The van der Waals surface area contributed by atoms with Crippen molar-refractivity contribution in [2.75, 3.05) is 0 Å². The molecule has 9 aromatic carbocycles. The topological polar surface area (TPSA) is 30.7 Å². The number of benzene rings is 9. The number of aromatic nitrogens is 3. The minimum absolute atomic E-state index is 0.444. The van der Waals surface area contributed by atoms with E-state index in [4.69, 9.17) is 9.97 Å². The molecule has 0 saturated carbocycles. The lowest BCUT2D eigenvalue weighted by Gasteiger charge is -2.39. The van der Waals surface area contributed by atoms with E-state index in [1.165, 1.54) is 53.9 Å². The van der Waals surface area contributed by atoms with Crippen molar-refractivity contribution in [3.8, 4) is 50.6 Å². The molecule has 0 unspecified atom stereocenters. The first-order valence-corrected chi connectivity index (χ1v) is 21.6. The van der Waals surface area contributed by atoms with Gasteiger partial charge in [-0.05, 0) is 93.0 Å². The quantitative estimate of drug-likeness (QED) is 0.166. The summed E-state index contributed by atoms with van der Waals surface area (Å²) in [4.78, 5) is 13.2. The molecule has 2 aliphatic rings. The summed E-state index contributed by atoms with van der Waals surface area (Å²) in [6, 6.07) is 77.2. The molecule has 0 amide bonds. The fourth-order valence-electron chi connectivity index (χ4n) is 10.3. The Hall–Kier alpha value is -7.53. The third-order valence-corrected chi connectivity index (χ3v) is 14.0. The molecular formula is C57H35N3S. The maximum absolute atomic E-state index is 5.46. The Kier molecular flexibility index (Phi) is 7.45. The molecule has 0 fully saturated rings. The maximum atomic E-state index is 5.46. The zero-order chi connectivity index (χ0) is 40.1. The Morgan fingerprint density at radius 3 is 1.85 bits per heavy atom. The fraction of sp³-hybridized carbons (Fsp3) is 0.0175. The molecule has 61 heavy (non-hydrogen) atoms. The highest BCUT2D eigenvalue weighted by Crippen LogP contribution is 2.63. The van der Waals surface area contributed by atoms with Gasteiger partial charge in [0.15, 0.2) is 0 Å². The van der Waals surface area contributed by atoms with Crippen molar-refractivity contribution in [3.63, 3.8) is 0 Å². The standard InChI is InChI=1S/C57H35N3S/c1-2-17-40(18-3-1)60-50-26-11-10-25-49(50)59-56(60)37-31-29-36(30-32-37)38-15-14-16-39(35-38)55-43-33-34-47-54(53(43)42-20-5-9-24-48(42)58-55)41-19-4-6-21-44(41)57(47)45-22-7-12-27-51(45)61-52-28-13-8-23-46(52)57/h1-35H. The van der Waals surface area contributed by atoms with Crippen molar-refractivity contribution in [1.82, 2.24) is 14.5 Å². The molecule has 1 spiro atoms. The van der Waals surface area contributed by atoms with E-state index in [0.717, 1.165) is 61.4 Å². The first-order chi connectivity index (χ1) is 30.3. The summed E-state index contributed by atoms with van der Waals surface area (Å²) in [5, 5.41) is 3.58. The molecule has 0 bridgehead atoms. The van der Waals surface area contributed by atoms with Gasteiger partial charge in [-0.15, -0.1) is 0 Å². The minimum atomic E-state index is -0.444. The first kappa shape index (κ1) is 34.3. The summed E-state index contributed by atoms with van der Waals surface area (Å²) < 4.78 is 2.25. The normalized spacial score (nSPS) is 13.3. The highest BCUT2D eigenvalue weighted by atomic mass is 32.2. The molecule has 2 aromatic heterocycles. The number of nitrogens with zero attached hydrogens (tertiary/aromatic N) is 3. The van der Waals surface area contributed by atoms with Crippen LogP contribution in [0.4, 0.5) is 0 Å². The lowest BCUT2D eigenvalue weighted by atomic mass is 9.67. The van der Waals surface area contributed by atoms with Gasteiger partial charge >= 0.3 is 0 Å². The smallest absolute Gasteiger partial charge is 0.145 e. The van der Waals surface area contributed by atoms with E-state index in [-0.39, 0.29) is 0 Å². The molecular weight excluding hydrogens is 759 g/mol. The Balaban J connectivity index is 0.991. The van der Waals surface area contributed by atoms with Crippen LogP contribution in [0.25, 0.3) is 83.3 Å². The Bertz CT molecular complexity index is 3520. The van der Waals surface area contributed by atoms with Crippen LogP contribution in [0.1, 0.15) is 22.3 Å². The number of pyridine rings is 1. The van der Waals surface area contributed by atoms with E-state index in [0.29, 0.717) is 0 Å². The zero-order valence-corrected chi connectivity index (χ0v) is 33.8. The van der Waals surface area contributed by atoms with Gasteiger partial charge in [0.05, 0.1) is 27.7 Å². The van der Waals surface area contributed by atoms with E-state index in [1.54, 1.807) is 0 Å². The van der Waals surface area contributed by atoms with Crippen LogP contribution in [0.5, 0.6) is 0 Å². The molecule has 3 heterocycles. The Labute approximate surface area is 357 Å². The molecule has 1 aliphatic heterocycles. The molecule has 3 nitrogen and oxygen atoms in total. The molecule has 284 valence electrons. The van der Waals surface area contributed by atoms with Gasteiger partial charge in [-0.3, -0.25) is 4.57 Å². The molecule has 1 aliphatic carbocycles. The Morgan fingerprint density at radius 2 is 1.05 bits per heavy atom. The second-order valence-electron chi connectivity index (χ2n) is 16.0. The van der Waals surface area contributed by atoms with Crippen LogP contribution in [0, 0.1) is 0 Å². The highest BCUT2D eigenvalue weighted by Gasteiger charge is 2.50. The molecule has 4 heteroatoms. The van der Waals surface area contributed by atoms with E-state index in [1.807, 2.05) is 11.8 Å². The van der Waals surface area contributed by atoms with E-state index in [9.17, 15) is 0 Å². The molecule has 0 saturated heterocycles. The first-order valence-electron chi connectivity index (χ1n) is 20.8. The summed E-state index contributed by atoms with van der Waals surface area (Å²) in [5.41, 5.74) is 17.1. The van der Waals surface area contributed by atoms with Crippen LogP contribution in [-0.2, 0) is 5.41 Å². The lowest BCUT2D eigenvalue weighted by molar-refractivity contribution is 0.723. The summed E-state index contributed by atoms with van der Waals surface area (Å²) in [7, 11) is 0. The summed E-state index contributed by atoms with van der Waals surface area (Å²) in [5.74, 6) is 0.925. The number of hydrogen-bond acceptors (Lipinski definition) is 3. The maximum Gasteiger partial charge on any atom is 0.145 e. The predicted octanol–water partition coefficient (Wildman–Crippen LogP) is 14.6. The van der Waals surface area contributed by atoms with E-state index < -0.39 is 5.41 Å². The van der Waals surface area contributed by atoms with Crippen molar-refractivity contribution in [2.24, 2.45) is 0 Å². The largest absolute Gasteiger partial charge is 0.292 e. The summed E-state index contributed by atoms with van der Waals surface area (Å²) >= 11 is 1.88. The fourth-order valence-corrected chi connectivity index (χ4v) is 11.5. The van der Waals surface area contributed by atoms with Crippen molar-refractivity contribution in [1.29, 1.82) is 0 Å². The second kappa shape index (κ2) is 13.2. The predicted molar refractivity (Wildman–Crippen MR) is 252 cm³/mol. The Morgan fingerprint density at radius 1 is 0.410 bits per heavy atom. The van der Waals surface area contributed by atoms with Crippen LogP contribution < -0.4 is 0 Å². The number of rotatable bonds is 4. The number of hydrogen-bond donors (Lipinski definition) is 0. The van der Waals surface area contributed by atoms with Crippen LogP contribution in [0.15, 0.2) is 222 Å². The van der Waals surface area contributed by atoms with Gasteiger partial charge in [0.1, 0.15) is 5.82 Å². The van der Waals surface area contributed by atoms with Gasteiger partial charge in [0.2, 0.25) is 0 Å². The van der Waals surface area contributed by atoms with E-state index >= 15 is 0 Å². The number of fused-ring (bicyclic) bond motifs is 14. The average Bonchev–Trinajstić information content (AvgIpc) is 3.86. The van der Waals surface area contributed by atoms with Gasteiger partial charge in [0.25, 0.3) is 0 Å². The molecule has 13 rings (SSSR count). The average molecular weight is 794 g/mol. The third kappa shape index (κ3) is 4.94.